The minimum absolute atomic E-state index is 0.0263. The van der Waals surface area contributed by atoms with Crippen molar-refractivity contribution in [3.63, 3.8) is 0 Å². The average molecular weight is 250 g/mol. The molecular formula is C13H22N4O. The third kappa shape index (κ3) is 1.91. The number of rotatable bonds is 3. The first-order chi connectivity index (χ1) is 8.38. The first-order valence-electron chi connectivity index (χ1n) is 6.50. The lowest BCUT2D eigenvalue weighted by molar-refractivity contribution is -0.136. The molecule has 1 aliphatic rings. The second kappa shape index (κ2) is 4.37. The molecule has 18 heavy (non-hydrogen) atoms. The number of hydrogen-bond acceptors (Lipinski definition) is 3. The van der Waals surface area contributed by atoms with E-state index in [0.29, 0.717) is 18.3 Å². The van der Waals surface area contributed by atoms with E-state index < -0.39 is 0 Å². The molecule has 0 radical (unpaired) electrons. The van der Waals surface area contributed by atoms with Crippen LogP contribution in [0.1, 0.15) is 46.4 Å². The number of carbonyl (C=O) groups is 1. The van der Waals surface area contributed by atoms with Gasteiger partial charge in [-0.25, -0.2) is 4.98 Å². The maximum absolute atomic E-state index is 12.5. The van der Waals surface area contributed by atoms with Crippen molar-refractivity contribution in [1.82, 2.24) is 20.5 Å². The summed E-state index contributed by atoms with van der Waals surface area (Å²) in [6, 6.07) is 0. The molecule has 1 saturated carbocycles. The van der Waals surface area contributed by atoms with Crippen LogP contribution in [0.25, 0.3) is 0 Å². The summed E-state index contributed by atoms with van der Waals surface area (Å²) in [5, 5.41) is 9.49. The Labute approximate surface area is 108 Å². The summed E-state index contributed by atoms with van der Waals surface area (Å²) in [6.45, 7) is 9.11. The number of H-pyrrole nitrogens is 1. The second-order valence-electron chi connectivity index (χ2n) is 6.11. The number of nitrogens with one attached hydrogen (secondary N) is 2. The number of amides is 1. The van der Waals surface area contributed by atoms with E-state index in [0.717, 1.165) is 12.8 Å². The molecule has 1 aliphatic carbocycles. The molecule has 0 unspecified atom stereocenters. The normalized spacial score (nSPS) is 30.3. The molecule has 5 heteroatoms. The standard InChI is InChI=1S/C13H22N4O/c1-9-5-6-13(4,12(9,2)3)11(18)14-7-10-15-8-16-17-10/h8-9H,5-7H2,1-4H3,(H,14,18)(H,15,16,17)/t9-,13-/m0/s1. The van der Waals surface area contributed by atoms with E-state index in [9.17, 15) is 4.79 Å². The third-order valence-corrected chi connectivity index (χ3v) is 5.11. The molecule has 100 valence electrons. The highest BCUT2D eigenvalue weighted by Crippen LogP contribution is 2.55. The van der Waals surface area contributed by atoms with Crippen LogP contribution in [0.15, 0.2) is 6.33 Å². The molecule has 1 amide bonds. The van der Waals surface area contributed by atoms with Crippen molar-refractivity contribution in [2.75, 3.05) is 0 Å². The van der Waals surface area contributed by atoms with Crippen LogP contribution in [0.2, 0.25) is 0 Å². The summed E-state index contributed by atoms with van der Waals surface area (Å²) in [5.74, 6) is 1.38. The van der Waals surface area contributed by atoms with Gasteiger partial charge in [-0.15, -0.1) is 0 Å². The number of aromatic amines is 1. The highest BCUT2D eigenvalue weighted by molar-refractivity contribution is 5.83. The maximum atomic E-state index is 12.5. The molecule has 0 spiro atoms. The van der Waals surface area contributed by atoms with Crippen molar-refractivity contribution in [2.45, 2.75) is 47.1 Å². The molecule has 5 nitrogen and oxygen atoms in total. The summed E-state index contributed by atoms with van der Waals surface area (Å²) in [5.41, 5.74) is -0.273. The van der Waals surface area contributed by atoms with Crippen molar-refractivity contribution in [3.8, 4) is 0 Å². The minimum atomic E-state index is -0.299. The zero-order valence-corrected chi connectivity index (χ0v) is 11.6. The Morgan fingerprint density at radius 1 is 1.56 bits per heavy atom. The van der Waals surface area contributed by atoms with Gasteiger partial charge < -0.3 is 5.32 Å². The molecular weight excluding hydrogens is 228 g/mol. The smallest absolute Gasteiger partial charge is 0.226 e. The minimum Gasteiger partial charge on any atom is -0.348 e. The van der Waals surface area contributed by atoms with Crippen molar-refractivity contribution in [2.24, 2.45) is 16.7 Å². The van der Waals surface area contributed by atoms with Gasteiger partial charge in [0, 0.05) is 0 Å². The van der Waals surface area contributed by atoms with Crippen LogP contribution in [0.3, 0.4) is 0 Å². The summed E-state index contributed by atoms with van der Waals surface area (Å²) in [7, 11) is 0. The molecule has 0 bridgehead atoms. The maximum Gasteiger partial charge on any atom is 0.226 e. The lowest BCUT2D eigenvalue weighted by Gasteiger charge is -2.39. The Morgan fingerprint density at radius 2 is 2.28 bits per heavy atom. The number of nitrogens with zero attached hydrogens (tertiary/aromatic N) is 2. The third-order valence-electron chi connectivity index (χ3n) is 5.11. The lowest BCUT2D eigenvalue weighted by atomic mass is 9.65. The van der Waals surface area contributed by atoms with Crippen molar-refractivity contribution in [3.05, 3.63) is 12.2 Å². The van der Waals surface area contributed by atoms with E-state index in [1.54, 1.807) is 0 Å². The van der Waals surface area contributed by atoms with Crippen LogP contribution in [-0.2, 0) is 11.3 Å². The molecule has 2 N–H and O–H groups in total. The van der Waals surface area contributed by atoms with E-state index in [1.165, 1.54) is 6.33 Å². The average Bonchev–Trinajstić information content (AvgIpc) is 2.90. The molecule has 1 heterocycles. The van der Waals surface area contributed by atoms with Crippen LogP contribution >= 0.6 is 0 Å². The summed E-state index contributed by atoms with van der Waals surface area (Å²) in [4.78, 5) is 16.5. The van der Waals surface area contributed by atoms with Gasteiger partial charge in [0.2, 0.25) is 5.91 Å². The van der Waals surface area contributed by atoms with Gasteiger partial charge in [0.15, 0.2) is 0 Å². The summed E-state index contributed by atoms with van der Waals surface area (Å²) < 4.78 is 0. The van der Waals surface area contributed by atoms with Crippen molar-refractivity contribution >= 4 is 5.91 Å². The Bertz CT molecular complexity index is 426. The number of aromatic nitrogens is 3. The van der Waals surface area contributed by atoms with E-state index in [4.69, 9.17) is 0 Å². The van der Waals surface area contributed by atoms with Gasteiger partial charge in [0.25, 0.3) is 0 Å². The van der Waals surface area contributed by atoms with Gasteiger partial charge in [0.1, 0.15) is 12.2 Å². The van der Waals surface area contributed by atoms with Crippen LogP contribution in [0, 0.1) is 16.7 Å². The Hall–Kier alpha value is -1.39. The highest BCUT2D eigenvalue weighted by Gasteiger charge is 2.53. The molecule has 1 fully saturated rings. The fourth-order valence-electron chi connectivity index (χ4n) is 2.81. The quantitative estimate of drug-likeness (QED) is 0.860. The van der Waals surface area contributed by atoms with Crippen LogP contribution in [0.5, 0.6) is 0 Å². The van der Waals surface area contributed by atoms with Crippen LogP contribution < -0.4 is 5.32 Å². The van der Waals surface area contributed by atoms with Crippen molar-refractivity contribution < 1.29 is 4.79 Å². The van der Waals surface area contributed by atoms with E-state index >= 15 is 0 Å². The zero-order chi connectivity index (χ0) is 13.4. The molecule has 0 aromatic carbocycles. The topological polar surface area (TPSA) is 70.7 Å². The number of carbonyl (C=O) groups excluding carboxylic acids is 1. The molecule has 2 rings (SSSR count). The second-order valence-corrected chi connectivity index (χ2v) is 6.11. The Kier molecular flexibility index (Phi) is 3.17. The predicted octanol–water partition coefficient (Wildman–Crippen LogP) is 1.88. The largest absolute Gasteiger partial charge is 0.348 e. The van der Waals surface area contributed by atoms with E-state index in [-0.39, 0.29) is 16.7 Å². The molecule has 0 saturated heterocycles. The van der Waals surface area contributed by atoms with Gasteiger partial charge in [-0.1, -0.05) is 27.7 Å². The fourth-order valence-corrected chi connectivity index (χ4v) is 2.81. The van der Waals surface area contributed by atoms with Gasteiger partial charge in [-0.3, -0.25) is 9.89 Å². The van der Waals surface area contributed by atoms with Gasteiger partial charge in [0.05, 0.1) is 12.0 Å². The first-order valence-corrected chi connectivity index (χ1v) is 6.50. The van der Waals surface area contributed by atoms with Gasteiger partial charge >= 0.3 is 0 Å². The van der Waals surface area contributed by atoms with E-state index in [1.807, 2.05) is 0 Å². The van der Waals surface area contributed by atoms with Crippen LogP contribution in [0.4, 0.5) is 0 Å². The molecule has 1 aromatic rings. The fraction of sp³-hybridized carbons (Fsp3) is 0.769. The molecule has 1 aromatic heterocycles. The van der Waals surface area contributed by atoms with E-state index in [2.05, 4.69) is 48.2 Å². The SMILES string of the molecule is C[C@H]1CC[C@@](C)(C(=O)NCc2ncn[nH]2)C1(C)C. The summed E-state index contributed by atoms with van der Waals surface area (Å²) in [6.07, 6.45) is 3.51. The number of hydrogen-bond donors (Lipinski definition) is 2. The zero-order valence-electron chi connectivity index (χ0n) is 11.6. The van der Waals surface area contributed by atoms with Crippen LogP contribution in [-0.4, -0.2) is 21.1 Å². The van der Waals surface area contributed by atoms with Gasteiger partial charge in [-0.05, 0) is 24.2 Å². The predicted molar refractivity (Wildman–Crippen MR) is 68.5 cm³/mol. The Morgan fingerprint density at radius 3 is 2.78 bits per heavy atom. The van der Waals surface area contributed by atoms with Gasteiger partial charge in [-0.2, -0.15) is 5.10 Å². The lowest BCUT2D eigenvalue weighted by Crippen LogP contribution is -2.46. The monoisotopic (exact) mass is 250 g/mol. The summed E-state index contributed by atoms with van der Waals surface area (Å²) >= 11 is 0. The molecule has 0 aliphatic heterocycles. The highest BCUT2D eigenvalue weighted by atomic mass is 16.2. The van der Waals surface area contributed by atoms with Crippen molar-refractivity contribution in [1.29, 1.82) is 0 Å². The Balaban J connectivity index is 2.04. The first kappa shape index (κ1) is 13.1. The molecule has 2 atom stereocenters.